The number of carbonyl (C=O) groups excluding carboxylic acids is 1. The predicted molar refractivity (Wildman–Crippen MR) is 67.0 cm³/mol. The van der Waals surface area contributed by atoms with Crippen molar-refractivity contribution < 1.29 is 29.8 Å². The molecule has 110 valence electrons. The van der Waals surface area contributed by atoms with Crippen LogP contribution in [0, 0.1) is 10.1 Å². The van der Waals surface area contributed by atoms with Gasteiger partial charge in [-0.15, -0.1) is 0 Å². The summed E-state index contributed by atoms with van der Waals surface area (Å²) in [5.74, 6) is -1.06. The second-order valence-corrected chi connectivity index (χ2v) is 4.02. The SMILES string of the molecule is CCOC(=O)CC(O)C(O)c1ccc(O)cc1[N+](=O)[O-]. The van der Waals surface area contributed by atoms with E-state index in [1.165, 1.54) is 0 Å². The number of nitrogens with zero attached hydrogens (tertiary/aromatic N) is 1. The molecule has 0 radical (unpaired) electrons. The Morgan fingerprint density at radius 1 is 1.45 bits per heavy atom. The third-order valence-corrected chi connectivity index (χ3v) is 2.57. The molecule has 0 heterocycles. The number of nitro benzene ring substituents is 1. The van der Waals surface area contributed by atoms with Gasteiger partial charge >= 0.3 is 5.97 Å². The molecule has 0 aliphatic heterocycles. The van der Waals surface area contributed by atoms with E-state index in [0.29, 0.717) is 0 Å². The lowest BCUT2D eigenvalue weighted by molar-refractivity contribution is -0.386. The normalized spacial score (nSPS) is 13.6. The molecule has 0 bridgehead atoms. The number of benzene rings is 1. The highest BCUT2D eigenvalue weighted by Gasteiger charge is 2.28. The van der Waals surface area contributed by atoms with Crippen molar-refractivity contribution in [2.45, 2.75) is 25.6 Å². The van der Waals surface area contributed by atoms with Gasteiger partial charge in [0.25, 0.3) is 5.69 Å². The number of hydrogen-bond donors (Lipinski definition) is 3. The van der Waals surface area contributed by atoms with E-state index in [4.69, 9.17) is 0 Å². The number of aliphatic hydroxyl groups is 2. The van der Waals surface area contributed by atoms with Crippen molar-refractivity contribution in [1.82, 2.24) is 0 Å². The molecule has 0 spiro atoms. The highest BCUT2D eigenvalue weighted by Crippen LogP contribution is 2.31. The van der Waals surface area contributed by atoms with E-state index in [1.807, 2.05) is 0 Å². The first-order chi connectivity index (χ1) is 9.36. The first-order valence-corrected chi connectivity index (χ1v) is 5.85. The smallest absolute Gasteiger partial charge is 0.308 e. The van der Waals surface area contributed by atoms with Crippen LogP contribution in [0.5, 0.6) is 5.75 Å². The number of aliphatic hydroxyl groups excluding tert-OH is 2. The Morgan fingerprint density at radius 3 is 2.65 bits per heavy atom. The lowest BCUT2D eigenvalue weighted by atomic mass is 10.0. The maximum atomic E-state index is 11.2. The van der Waals surface area contributed by atoms with Gasteiger partial charge in [-0.1, -0.05) is 0 Å². The molecule has 1 aromatic rings. The van der Waals surface area contributed by atoms with Crippen molar-refractivity contribution >= 4 is 11.7 Å². The zero-order valence-electron chi connectivity index (χ0n) is 10.7. The molecule has 0 saturated heterocycles. The summed E-state index contributed by atoms with van der Waals surface area (Å²) in [6, 6.07) is 3.12. The average molecular weight is 285 g/mol. The largest absolute Gasteiger partial charge is 0.508 e. The molecule has 0 fully saturated rings. The van der Waals surface area contributed by atoms with Crippen LogP contribution in [0.15, 0.2) is 18.2 Å². The second-order valence-electron chi connectivity index (χ2n) is 4.02. The van der Waals surface area contributed by atoms with E-state index in [-0.39, 0.29) is 17.9 Å². The number of hydrogen-bond acceptors (Lipinski definition) is 7. The fourth-order valence-corrected chi connectivity index (χ4v) is 1.65. The van der Waals surface area contributed by atoms with Crippen molar-refractivity contribution in [1.29, 1.82) is 0 Å². The Balaban J connectivity index is 2.93. The molecule has 3 N–H and O–H groups in total. The van der Waals surface area contributed by atoms with Crippen molar-refractivity contribution in [2.24, 2.45) is 0 Å². The number of ether oxygens (including phenoxy) is 1. The molecular formula is C12H15NO7. The molecule has 0 aliphatic rings. The molecule has 0 saturated carbocycles. The summed E-state index contributed by atoms with van der Waals surface area (Å²) >= 11 is 0. The molecule has 2 unspecified atom stereocenters. The molecule has 0 aromatic heterocycles. The van der Waals surface area contributed by atoms with Gasteiger partial charge in [0.05, 0.1) is 35.7 Å². The van der Waals surface area contributed by atoms with Crippen molar-refractivity contribution in [3.8, 4) is 5.75 Å². The molecule has 0 amide bonds. The van der Waals surface area contributed by atoms with Crippen LogP contribution in [0.3, 0.4) is 0 Å². The fourth-order valence-electron chi connectivity index (χ4n) is 1.65. The first-order valence-electron chi connectivity index (χ1n) is 5.85. The summed E-state index contributed by atoms with van der Waals surface area (Å²) in [6.07, 6.45) is -3.68. The van der Waals surface area contributed by atoms with Crippen LogP contribution in [0.2, 0.25) is 0 Å². The number of phenolic OH excluding ortho intramolecular Hbond substituents is 1. The molecule has 1 aromatic carbocycles. The number of nitro groups is 1. The van der Waals surface area contributed by atoms with Crippen LogP contribution >= 0.6 is 0 Å². The lowest BCUT2D eigenvalue weighted by Crippen LogP contribution is -2.23. The van der Waals surface area contributed by atoms with Crippen LogP contribution in [0.25, 0.3) is 0 Å². The molecule has 0 aliphatic carbocycles. The van der Waals surface area contributed by atoms with E-state index < -0.39 is 35.2 Å². The zero-order chi connectivity index (χ0) is 15.3. The van der Waals surface area contributed by atoms with Gasteiger partial charge in [-0.3, -0.25) is 14.9 Å². The van der Waals surface area contributed by atoms with Gasteiger partial charge in [0.1, 0.15) is 11.9 Å². The molecule has 8 heteroatoms. The van der Waals surface area contributed by atoms with Crippen molar-refractivity contribution in [3.05, 3.63) is 33.9 Å². The van der Waals surface area contributed by atoms with Crippen molar-refractivity contribution in [2.75, 3.05) is 6.61 Å². The molecular weight excluding hydrogens is 270 g/mol. The minimum Gasteiger partial charge on any atom is -0.508 e. The number of aromatic hydroxyl groups is 1. The summed E-state index contributed by atoms with van der Waals surface area (Å²) in [5.41, 5.74) is -0.731. The first kappa shape index (κ1) is 15.9. The summed E-state index contributed by atoms with van der Waals surface area (Å²) in [5, 5.41) is 39.6. The van der Waals surface area contributed by atoms with E-state index in [2.05, 4.69) is 4.74 Å². The standard InChI is InChI=1S/C12H15NO7/c1-2-20-11(16)6-10(15)12(17)8-4-3-7(14)5-9(8)13(18)19/h3-5,10,12,14-15,17H,2,6H2,1H3. The topological polar surface area (TPSA) is 130 Å². The van der Waals surface area contributed by atoms with Crippen molar-refractivity contribution in [3.63, 3.8) is 0 Å². The summed E-state index contributed by atoms with van der Waals surface area (Å²) < 4.78 is 4.61. The maximum Gasteiger partial charge on any atom is 0.308 e. The number of phenols is 1. The van der Waals surface area contributed by atoms with Crippen LogP contribution in [-0.2, 0) is 9.53 Å². The van der Waals surface area contributed by atoms with Crippen LogP contribution in [-0.4, -0.2) is 38.9 Å². The molecule has 2 atom stereocenters. The average Bonchev–Trinajstić information content (AvgIpc) is 2.37. The van der Waals surface area contributed by atoms with E-state index in [0.717, 1.165) is 18.2 Å². The Kier molecular flexibility index (Phi) is 5.42. The van der Waals surface area contributed by atoms with Crippen LogP contribution in [0.4, 0.5) is 5.69 Å². The van der Waals surface area contributed by atoms with Crippen LogP contribution in [0.1, 0.15) is 25.0 Å². The fraction of sp³-hybridized carbons (Fsp3) is 0.417. The second kappa shape index (κ2) is 6.83. The summed E-state index contributed by atoms with van der Waals surface area (Å²) in [4.78, 5) is 21.2. The van der Waals surface area contributed by atoms with Gasteiger partial charge in [-0.05, 0) is 19.1 Å². The Hall–Kier alpha value is -2.19. The zero-order valence-corrected chi connectivity index (χ0v) is 10.7. The maximum absolute atomic E-state index is 11.2. The third kappa shape index (κ3) is 3.90. The predicted octanol–water partition coefficient (Wildman–Crippen LogP) is 0.648. The summed E-state index contributed by atoms with van der Waals surface area (Å²) in [6.45, 7) is 1.71. The minimum absolute atomic E-state index is 0.126. The van der Waals surface area contributed by atoms with Gasteiger partial charge in [0.15, 0.2) is 0 Å². The molecule has 20 heavy (non-hydrogen) atoms. The van der Waals surface area contributed by atoms with Gasteiger partial charge < -0.3 is 20.1 Å². The Morgan fingerprint density at radius 2 is 2.10 bits per heavy atom. The van der Waals surface area contributed by atoms with E-state index in [1.54, 1.807) is 6.92 Å². The van der Waals surface area contributed by atoms with E-state index >= 15 is 0 Å². The quantitative estimate of drug-likeness (QED) is 0.397. The lowest BCUT2D eigenvalue weighted by Gasteiger charge is -2.17. The summed E-state index contributed by atoms with van der Waals surface area (Å²) in [7, 11) is 0. The monoisotopic (exact) mass is 285 g/mol. The minimum atomic E-state index is -1.64. The third-order valence-electron chi connectivity index (χ3n) is 2.57. The number of rotatable bonds is 6. The van der Waals surface area contributed by atoms with Gasteiger partial charge in [0.2, 0.25) is 0 Å². The van der Waals surface area contributed by atoms with Crippen LogP contribution < -0.4 is 0 Å². The van der Waals surface area contributed by atoms with Gasteiger partial charge in [-0.25, -0.2) is 0 Å². The van der Waals surface area contributed by atoms with E-state index in [9.17, 15) is 30.2 Å². The highest BCUT2D eigenvalue weighted by molar-refractivity contribution is 5.70. The molecule has 8 nitrogen and oxygen atoms in total. The number of esters is 1. The highest BCUT2D eigenvalue weighted by atomic mass is 16.6. The molecule has 1 rings (SSSR count). The Bertz CT molecular complexity index is 503. The Labute approximate surface area is 114 Å². The van der Waals surface area contributed by atoms with Gasteiger partial charge in [-0.2, -0.15) is 0 Å². The number of carbonyl (C=O) groups is 1. The van der Waals surface area contributed by atoms with Gasteiger partial charge in [0, 0.05) is 0 Å².